The summed E-state index contributed by atoms with van der Waals surface area (Å²) in [5.74, 6) is 1.42. The smallest absolute Gasteiger partial charge is 0.182 e. The van der Waals surface area contributed by atoms with Crippen LogP contribution in [0.3, 0.4) is 0 Å². The third kappa shape index (κ3) is 2.92. The van der Waals surface area contributed by atoms with Crippen LogP contribution < -0.4 is 0 Å². The van der Waals surface area contributed by atoms with Gasteiger partial charge in [-0.25, -0.2) is 4.98 Å². The first-order valence-corrected chi connectivity index (χ1v) is 6.60. The third-order valence-corrected chi connectivity index (χ3v) is 3.27. The van der Waals surface area contributed by atoms with Crippen molar-refractivity contribution >= 4 is 5.78 Å². The minimum Gasteiger partial charge on any atom is -0.327 e. The summed E-state index contributed by atoms with van der Waals surface area (Å²) in [4.78, 5) is 16.7. The topological polar surface area (TPSA) is 34.9 Å². The number of nitrogens with zero attached hydrogens (tertiary/aromatic N) is 2. The highest BCUT2D eigenvalue weighted by Gasteiger charge is 2.13. The molecule has 3 nitrogen and oxygen atoms in total. The lowest BCUT2D eigenvalue weighted by Crippen LogP contribution is -2.14. The number of aryl methyl sites for hydroxylation is 2. The molecule has 0 aliphatic carbocycles. The summed E-state index contributed by atoms with van der Waals surface area (Å²) < 4.78 is 1.94. The van der Waals surface area contributed by atoms with Crippen LogP contribution in [0.1, 0.15) is 47.1 Å². The van der Waals surface area contributed by atoms with Crippen molar-refractivity contribution in [2.45, 2.75) is 40.2 Å². The molecule has 0 saturated carbocycles. The van der Waals surface area contributed by atoms with E-state index in [1.165, 1.54) is 0 Å². The number of hydrogen-bond donors (Lipinski definition) is 0. The summed E-state index contributed by atoms with van der Waals surface area (Å²) in [6.07, 6.45) is 3.63. The van der Waals surface area contributed by atoms with Crippen LogP contribution in [-0.2, 0) is 6.54 Å². The van der Waals surface area contributed by atoms with Crippen molar-refractivity contribution < 1.29 is 4.79 Å². The predicted molar refractivity (Wildman–Crippen MR) is 76.6 cm³/mol. The molecule has 0 bridgehead atoms. The fraction of sp³-hybridized carbons (Fsp3) is 0.375. The lowest BCUT2D eigenvalue weighted by Gasteiger charge is -2.11. The Bertz CT molecular complexity index is 597. The van der Waals surface area contributed by atoms with Crippen molar-refractivity contribution in [2.24, 2.45) is 0 Å². The van der Waals surface area contributed by atoms with E-state index in [9.17, 15) is 4.79 Å². The molecule has 0 atom stereocenters. The van der Waals surface area contributed by atoms with E-state index >= 15 is 0 Å². The SMILES string of the molecule is Cc1ccc(C)c(C(=O)Cn2ccnc2C(C)C)c1. The molecule has 1 aromatic heterocycles. The van der Waals surface area contributed by atoms with E-state index in [2.05, 4.69) is 18.8 Å². The van der Waals surface area contributed by atoms with E-state index in [4.69, 9.17) is 0 Å². The molecular weight excluding hydrogens is 236 g/mol. The van der Waals surface area contributed by atoms with Crippen LogP contribution >= 0.6 is 0 Å². The molecule has 0 radical (unpaired) electrons. The van der Waals surface area contributed by atoms with Crippen molar-refractivity contribution in [1.29, 1.82) is 0 Å². The number of carbonyl (C=O) groups is 1. The molecule has 0 saturated heterocycles. The highest BCUT2D eigenvalue weighted by atomic mass is 16.1. The molecule has 2 aromatic rings. The predicted octanol–water partition coefficient (Wildman–Crippen LogP) is 3.51. The number of ketones is 1. The van der Waals surface area contributed by atoms with Crippen molar-refractivity contribution in [3.05, 3.63) is 53.1 Å². The molecule has 0 amide bonds. The second-order valence-electron chi connectivity index (χ2n) is 5.31. The fourth-order valence-corrected chi connectivity index (χ4v) is 2.23. The number of carbonyl (C=O) groups excluding carboxylic acids is 1. The summed E-state index contributed by atoms with van der Waals surface area (Å²) >= 11 is 0. The number of imidazole rings is 1. The summed E-state index contributed by atoms with van der Waals surface area (Å²) in [6, 6.07) is 5.99. The lowest BCUT2D eigenvalue weighted by atomic mass is 10.0. The van der Waals surface area contributed by atoms with E-state index in [0.29, 0.717) is 12.5 Å². The molecule has 1 heterocycles. The van der Waals surface area contributed by atoms with Crippen LogP contribution in [0.4, 0.5) is 0 Å². The van der Waals surface area contributed by atoms with Crippen LogP contribution in [0.2, 0.25) is 0 Å². The van der Waals surface area contributed by atoms with Gasteiger partial charge in [0.25, 0.3) is 0 Å². The number of aromatic nitrogens is 2. The Morgan fingerprint density at radius 3 is 2.74 bits per heavy atom. The van der Waals surface area contributed by atoms with Crippen LogP contribution in [0, 0.1) is 13.8 Å². The van der Waals surface area contributed by atoms with E-state index in [0.717, 1.165) is 22.5 Å². The van der Waals surface area contributed by atoms with Gasteiger partial charge in [-0.2, -0.15) is 0 Å². The van der Waals surface area contributed by atoms with Gasteiger partial charge in [-0.15, -0.1) is 0 Å². The lowest BCUT2D eigenvalue weighted by molar-refractivity contribution is 0.0970. The summed E-state index contributed by atoms with van der Waals surface area (Å²) in [5, 5.41) is 0. The Morgan fingerprint density at radius 2 is 2.05 bits per heavy atom. The summed E-state index contributed by atoms with van der Waals surface area (Å²) in [5.41, 5.74) is 2.95. The minimum atomic E-state index is 0.140. The second kappa shape index (κ2) is 5.39. The highest BCUT2D eigenvalue weighted by Crippen LogP contribution is 2.15. The molecule has 0 aliphatic rings. The fourth-order valence-electron chi connectivity index (χ4n) is 2.23. The molecule has 0 unspecified atom stereocenters. The van der Waals surface area contributed by atoms with E-state index < -0.39 is 0 Å². The first-order valence-electron chi connectivity index (χ1n) is 6.60. The van der Waals surface area contributed by atoms with E-state index in [1.807, 2.05) is 42.8 Å². The zero-order valence-corrected chi connectivity index (χ0v) is 12.0. The van der Waals surface area contributed by atoms with Gasteiger partial charge < -0.3 is 4.57 Å². The Labute approximate surface area is 114 Å². The Kier molecular flexibility index (Phi) is 3.84. The van der Waals surface area contributed by atoms with Gasteiger partial charge >= 0.3 is 0 Å². The second-order valence-corrected chi connectivity index (χ2v) is 5.31. The van der Waals surface area contributed by atoms with Crippen LogP contribution in [-0.4, -0.2) is 15.3 Å². The quantitative estimate of drug-likeness (QED) is 0.785. The van der Waals surface area contributed by atoms with Gasteiger partial charge in [0.1, 0.15) is 5.82 Å². The first kappa shape index (κ1) is 13.5. The van der Waals surface area contributed by atoms with Crippen LogP contribution in [0.5, 0.6) is 0 Å². The van der Waals surface area contributed by atoms with Crippen molar-refractivity contribution in [3.63, 3.8) is 0 Å². The average molecular weight is 256 g/mol. The Hall–Kier alpha value is -1.90. The number of hydrogen-bond acceptors (Lipinski definition) is 2. The largest absolute Gasteiger partial charge is 0.327 e. The normalized spacial score (nSPS) is 11.0. The molecule has 1 aromatic carbocycles. The van der Waals surface area contributed by atoms with Crippen molar-refractivity contribution in [2.75, 3.05) is 0 Å². The molecule has 100 valence electrons. The highest BCUT2D eigenvalue weighted by molar-refractivity contribution is 5.97. The summed E-state index contributed by atoms with van der Waals surface area (Å²) in [6.45, 7) is 8.51. The molecule has 0 N–H and O–H groups in total. The van der Waals surface area contributed by atoms with E-state index in [1.54, 1.807) is 6.20 Å². The van der Waals surface area contributed by atoms with Gasteiger partial charge in [0.15, 0.2) is 5.78 Å². The zero-order chi connectivity index (χ0) is 14.0. The average Bonchev–Trinajstić information content (AvgIpc) is 2.80. The monoisotopic (exact) mass is 256 g/mol. The number of rotatable bonds is 4. The zero-order valence-electron chi connectivity index (χ0n) is 12.0. The number of Topliss-reactive ketones (excluding diaryl/α,β-unsaturated/α-hetero) is 1. The molecular formula is C16H20N2O. The standard InChI is InChI=1S/C16H20N2O/c1-11(2)16-17-7-8-18(16)10-15(19)14-9-12(3)5-6-13(14)4/h5-9,11H,10H2,1-4H3. The van der Waals surface area contributed by atoms with Crippen molar-refractivity contribution in [3.8, 4) is 0 Å². The molecule has 19 heavy (non-hydrogen) atoms. The maximum Gasteiger partial charge on any atom is 0.182 e. The van der Waals surface area contributed by atoms with E-state index in [-0.39, 0.29) is 5.78 Å². The minimum absolute atomic E-state index is 0.140. The molecule has 0 spiro atoms. The van der Waals surface area contributed by atoms with Gasteiger partial charge in [0.05, 0.1) is 6.54 Å². The maximum atomic E-state index is 12.4. The van der Waals surface area contributed by atoms with Gasteiger partial charge in [-0.05, 0) is 25.5 Å². The Morgan fingerprint density at radius 1 is 1.32 bits per heavy atom. The third-order valence-electron chi connectivity index (χ3n) is 3.27. The van der Waals surface area contributed by atoms with Crippen molar-refractivity contribution in [1.82, 2.24) is 9.55 Å². The van der Waals surface area contributed by atoms with Gasteiger partial charge in [0.2, 0.25) is 0 Å². The number of benzene rings is 1. The van der Waals surface area contributed by atoms with Gasteiger partial charge in [-0.3, -0.25) is 4.79 Å². The maximum absolute atomic E-state index is 12.4. The van der Waals surface area contributed by atoms with Gasteiger partial charge in [-0.1, -0.05) is 31.5 Å². The van der Waals surface area contributed by atoms with Crippen LogP contribution in [0.15, 0.2) is 30.6 Å². The summed E-state index contributed by atoms with van der Waals surface area (Å²) in [7, 11) is 0. The molecule has 0 fully saturated rings. The molecule has 2 rings (SSSR count). The first-order chi connectivity index (χ1) is 8.99. The van der Waals surface area contributed by atoms with Gasteiger partial charge in [0, 0.05) is 23.9 Å². The molecule has 0 aliphatic heterocycles. The van der Waals surface area contributed by atoms with Crippen LogP contribution in [0.25, 0.3) is 0 Å². The molecule has 3 heteroatoms. The Balaban J connectivity index is 2.26.